The quantitative estimate of drug-likeness (QED) is 0.367. The zero-order chi connectivity index (χ0) is 14.3. The van der Waals surface area contributed by atoms with E-state index in [2.05, 4.69) is 27.5 Å². The summed E-state index contributed by atoms with van der Waals surface area (Å²) in [6.07, 6.45) is 4.85. The van der Waals surface area contributed by atoms with Gasteiger partial charge >= 0.3 is 0 Å². The van der Waals surface area contributed by atoms with Gasteiger partial charge in [0, 0.05) is 36.8 Å². The number of aromatic nitrogens is 1. The van der Waals surface area contributed by atoms with E-state index >= 15 is 0 Å². The van der Waals surface area contributed by atoms with Crippen molar-refractivity contribution in [1.82, 2.24) is 15.6 Å². The topological polar surface area (TPSA) is 69.5 Å². The molecule has 0 spiro atoms. The van der Waals surface area contributed by atoms with Crippen LogP contribution in [0.15, 0.2) is 29.4 Å². The van der Waals surface area contributed by atoms with E-state index in [-0.39, 0.29) is 36.0 Å². The summed E-state index contributed by atoms with van der Waals surface area (Å²) in [4.78, 5) is 8.86. The summed E-state index contributed by atoms with van der Waals surface area (Å²) >= 11 is 0. The van der Waals surface area contributed by atoms with Crippen LogP contribution >= 0.6 is 24.0 Å². The Labute approximate surface area is 143 Å². The number of hydrogen-bond acceptors (Lipinski definition) is 3. The molecule has 2 rings (SSSR count). The Bertz CT molecular complexity index is 435. The molecule has 1 saturated carbocycles. The SMILES string of the molecule is CCNC(=NCC1(CO)CC1)NCCc1ccccn1.I. The van der Waals surface area contributed by atoms with Crippen LogP contribution in [0.4, 0.5) is 0 Å². The van der Waals surface area contributed by atoms with E-state index in [1.54, 1.807) is 0 Å². The Morgan fingerprint density at radius 3 is 2.76 bits per heavy atom. The molecule has 118 valence electrons. The van der Waals surface area contributed by atoms with Gasteiger partial charge in [-0.05, 0) is 31.9 Å². The van der Waals surface area contributed by atoms with E-state index in [0.717, 1.165) is 44.0 Å². The molecule has 1 aliphatic rings. The van der Waals surface area contributed by atoms with Gasteiger partial charge < -0.3 is 15.7 Å². The van der Waals surface area contributed by atoms with Crippen molar-refractivity contribution in [1.29, 1.82) is 0 Å². The normalized spacial score (nSPS) is 16.0. The zero-order valence-corrected chi connectivity index (χ0v) is 14.8. The molecule has 21 heavy (non-hydrogen) atoms. The average Bonchev–Trinajstić information content (AvgIpc) is 3.26. The van der Waals surface area contributed by atoms with E-state index in [4.69, 9.17) is 0 Å². The second-order valence-corrected chi connectivity index (χ2v) is 5.35. The van der Waals surface area contributed by atoms with E-state index < -0.39 is 0 Å². The van der Waals surface area contributed by atoms with E-state index in [0.29, 0.717) is 6.54 Å². The van der Waals surface area contributed by atoms with Gasteiger partial charge in [0.25, 0.3) is 0 Å². The summed E-state index contributed by atoms with van der Waals surface area (Å²) in [7, 11) is 0. The minimum Gasteiger partial charge on any atom is -0.396 e. The standard InChI is InChI=1S/C15H24N4O.HI/c1-2-16-14(19-11-15(12-20)7-8-15)18-10-6-13-5-3-4-9-17-13;/h3-5,9,20H,2,6-8,10-12H2,1H3,(H2,16,18,19);1H. The maximum absolute atomic E-state index is 9.31. The lowest BCUT2D eigenvalue weighted by atomic mass is 10.1. The minimum atomic E-state index is 0. The number of aliphatic hydroxyl groups is 1. The number of rotatable bonds is 7. The Morgan fingerprint density at radius 2 is 2.19 bits per heavy atom. The second-order valence-electron chi connectivity index (χ2n) is 5.35. The first-order valence-electron chi connectivity index (χ1n) is 7.31. The number of nitrogens with one attached hydrogen (secondary N) is 2. The molecule has 5 nitrogen and oxygen atoms in total. The highest BCUT2D eigenvalue weighted by Gasteiger charge is 2.41. The van der Waals surface area contributed by atoms with Crippen molar-refractivity contribution in [3.63, 3.8) is 0 Å². The van der Waals surface area contributed by atoms with Gasteiger partial charge in [-0.3, -0.25) is 9.98 Å². The van der Waals surface area contributed by atoms with Gasteiger partial charge in [0.1, 0.15) is 0 Å². The molecule has 0 aromatic carbocycles. The highest BCUT2D eigenvalue weighted by Crippen LogP contribution is 2.45. The van der Waals surface area contributed by atoms with Crippen LogP contribution < -0.4 is 10.6 Å². The summed E-state index contributed by atoms with van der Waals surface area (Å²) in [6, 6.07) is 5.95. The van der Waals surface area contributed by atoms with Crippen LogP contribution in [0, 0.1) is 5.41 Å². The first-order chi connectivity index (χ1) is 9.78. The largest absolute Gasteiger partial charge is 0.396 e. The number of pyridine rings is 1. The summed E-state index contributed by atoms with van der Waals surface area (Å²) in [5.74, 6) is 0.822. The third kappa shape index (κ3) is 6.17. The summed E-state index contributed by atoms with van der Waals surface area (Å²) < 4.78 is 0. The zero-order valence-electron chi connectivity index (χ0n) is 12.5. The third-order valence-corrected chi connectivity index (χ3v) is 3.61. The maximum atomic E-state index is 9.31. The van der Waals surface area contributed by atoms with Gasteiger partial charge in [0.15, 0.2) is 5.96 Å². The highest BCUT2D eigenvalue weighted by atomic mass is 127. The highest BCUT2D eigenvalue weighted by molar-refractivity contribution is 14.0. The van der Waals surface area contributed by atoms with Crippen molar-refractivity contribution in [2.45, 2.75) is 26.2 Å². The molecule has 0 aliphatic heterocycles. The van der Waals surface area contributed by atoms with E-state index in [1.165, 1.54) is 0 Å². The molecular weight excluding hydrogens is 379 g/mol. The van der Waals surface area contributed by atoms with Crippen LogP contribution in [0.2, 0.25) is 0 Å². The van der Waals surface area contributed by atoms with Crippen LogP contribution in [-0.4, -0.2) is 42.3 Å². The molecule has 1 heterocycles. The average molecular weight is 404 g/mol. The Kier molecular flexibility index (Phi) is 7.95. The van der Waals surface area contributed by atoms with Gasteiger partial charge in [0.05, 0.1) is 13.2 Å². The maximum Gasteiger partial charge on any atom is 0.191 e. The molecule has 6 heteroatoms. The number of hydrogen-bond donors (Lipinski definition) is 3. The van der Waals surface area contributed by atoms with Crippen molar-refractivity contribution < 1.29 is 5.11 Å². The smallest absolute Gasteiger partial charge is 0.191 e. The lowest BCUT2D eigenvalue weighted by molar-refractivity contribution is 0.217. The predicted molar refractivity (Wildman–Crippen MR) is 96.1 cm³/mol. The van der Waals surface area contributed by atoms with Gasteiger partial charge in [-0.2, -0.15) is 0 Å². The van der Waals surface area contributed by atoms with Crippen LogP contribution in [-0.2, 0) is 6.42 Å². The van der Waals surface area contributed by atoms with Crippen molar-refractivity contribution >= 4 is 29.9 Å². The van der Waals surface area contributed by atoms with Gasteiger partial charge in [-0.25, -0.2) is 0 Å². The van der Waals surface area contributed by atoms with Crippen molar-refractivity contribution in [2.24, 2.45) is 10.4 Å². The summed E-state index contributed by atoms with van der Waals surface area (Å²) in [5.41, 5.74) is 1.13. The molecule has 1 aliphatic carbocycles. The number of halogens is 1. The molecule has 0 radical (unpaired) electrons. The number of aliphatic imine (C=N–C) groups is 1. The Morgan fingerprint density at radius 1 is 1.38 bits per heavy atom. The van der Waals surface area contributed by atoms with Gasteiger partial charge in [-0.1, -0.05) is 6.07 Å². The van der Waals surface area contributed by atoms with Crippen molar-refractivity contribution in [3.05, 3.63) is 30.1 Å². The van der Waals surface area contributed by atoms with Crippen LogP contribution in [0.25, 0.3) is 0 Å². The first kappa shape index (κ1) is 18.2. The van der Waals surface area contributed by atoms with E-state index in [1.807, 2.05) is 24.4 Å². The lowest BCUT2D eigenvalue weighted by Gasteiger charge is -2.13. The first-order valence-corrected chi connectivity index (χ1v) is 7.31. The number of aliphatic hydroxyl groups excluding tert-OH is 1. The second kappa shape index (κ2) is 9.19. The Balaban J connectivity index is 0.00000220. The molecule has 0 unspecified atom stereocenters. The molecule has 0 atom stereocenters. The van der Waals surface area contributed by atoms with Crippen LogP contribution in [0.5, 0.6) is 0 Å². The summed E-state index contributed by atoms with van der Waals surface area (Å²) in [5, 5.41) is 15.8. The molecular formula is C15H25IN4O. The molecule has 0 bridgehead atoms. The third-order valence-electron chi connectivity index (χ3n) is 3.61. The fourth-order valence-electron chi connectivity index (χ4n) is 1.99. The molecule has 3 N–H and O–H groups in total. The summed E-state index contributed by atoms with van der Waals surface area (Å²) in [6.45, 7) is 4.62. The van der Waals surface area contributed by atoms with Crippen molar-refractivity contribution in [2.75, 3.05) is 26.2 Å². The number of guanidine groups is 1. The fraction of sp³-hybridized carbons (Fsp3) is 0.600. The molecule has 1 aromatic heterocycles. The fourth-order valence-corrected chi connectivity index (χ4v) is 1.99. The minimum absolute atomic E-state index is 0. The van der Waals surface area contributed by atoms with Gasteiger partial charge in [0.2, 0.25) is 0 Å². The Hall–Kier alpha value is -0.890. The van der Waals surface area contributed by atoms with Crippen molar-refractivity contribution in [3.8, 4) is 0 Å². The molecule has 0 saturated heterocycles. The molecule has 1 aromatic rings. The predicted octanol–water partition coefficient (Wildman–Crippen LogP) is 1.57. The molecule has 0 amide bonds. The van der Waals surface area contributed by atoms with Gasteiger partial charge in [-0.15, -0.1) is 24.0 Å². The number of nitrogens with zero attached hydrogens (tertiary/aromatic N) is 2. The monoisotopic (exact) mass is 404 g/mol. The van der Waals surface area contributed by atoms with E-state index in [9.17, 15) is 5.11 Å². The van der Waals surface area contributed by atoms with Crippen LogP contribution in [0.3, 0.4) is 0 Å². The lowest BCUT2D eigenvalue weighted by Crippen LogP contribution is -2.39. The molecule has 1 fully saturated rings. The van der Waals surface area contributed by atoms with Crippen LogP contribution in [0.1, 0.15) is 25.5 Å².